The molecule has 4 nitrogen and oxygen atoms in total. The van der Waals surface area contributed by atoms with Crippen LogP contribution in [0.2, 0.25) is 0 Å². The highest BCUT2D eigenvalue weighted by molar-refractivity contribution is 5.94. The van der Waals surface area contributed by atoms with Crippen LogP contribution in [0.3, 0.4) is 0 Å². The van der Waals surface area contributed by atoms with Crippen molar-refractivity contribution in [3.8, 4) is 0 Å². The van der Waals surface area contributed by atoms with Gasteiger partial charge in [-0.05, 0) is 62.6 Å². The van der Waals surface area contributed by atoms with E-state index in [2.05, 4.69) is 5.32 Å². The van der Waals surface area contributed by atoms with Crippen LogP contribution < -0.4 is 5.32 Å². The topological polar surface area (TPSA) is 58.6 Å². The molecule has 1 amide bonds. The minimum absolute atomic E-state index is 0.0884. The fourth-order valence-corrected chi connectivity index (χ4v) is 2.94. The average Bonchev–Trinajstić information content (AvgIpc) is 3.35. The van der Waals surface area contributed by atoms with Gasteiger partial charge in [-0.3, -0.25) is 4.79 Å². The number of aliphatic hydroxyl groups is 1. The molecule has 0 unspecified atom stereocenters. The Balaban J connectivity index is 1.56. The normalized spacial score (nSPS) is 24.4. The number of hydrogen-bond acceptors (Lipinski definition) is 3. The first-order valence-corrected chi connectivity index (χ1v) is 8.47. The Morgan fingerprint density at radius 1 is 1.22 bits per heavy atom. The second-order valence-corrected chi connectivity index (χ2v) is 6.74. The third-order valence-corrected chi connectivity index (χ3v) is 4.65. The van der Waals surface area contributed by atoms with E-state index in [0.717, 1.165) is 12.8 Å². The molecule has 126 valence electrons. The first-order valence-electron chi connectivity index (χ1n) is 8.47. The SMILES string of the molecule is O=C(NC1CCC(O)CC1)c1ccc(F)c(COCC2CC2)c1. The van der Waals surface area contributed by atoms with Gasteiger partial charge in [0.1, 0.15) is 5.82 Å². The Hall–Kier alpha value is -1.46. The number of hydrogen-bond donors (Lipinski definition) is 2. The molecule has 23 heavy (non-hydrogen) atoms. The lowest BCUT2D eigenvalue weighted by atomic mass is 9.93. The summed E-state index contributed by atoms with van der Waals surface area (Å²) in [6.07, 6.45) is 5.14. The first-order chi connectivity index (χ1) is 11.1. The van der Waals surface area contributed by atoms with Crippen molar-refractivity contribution < 1.29 is 19.0 Å². The fourth-order valence-electron chi connectivity index (χ4n) is 2.94. The Morgan fingerprint density at radius 3 is 2.65 bits per heavy atom. The van der Waals surface area contributed by atoms with Crippen molar-refractivity contribution in [2.45, 2.75) is 57.3 Å². The lowest BCUT2D eigenvalue weighted by Gasteiger charge is -2.26. The highest BCUT2D eigenvalue weighted by atomic mass is 19.1. The van der Waals surface area contributed by atoms with Gasteiger partial charge >= 0.3 is 0 Å². The molecule has 1 aromatic rings. The average molecular weight is 321 g/mol. The van der Waals surface area contributed by atoms with Crippen molar-refractivity contribution in [3.05, 3.63) is 35.1 Å². The number of benzene rings is 1. The van der Waals surface area contributed by atoms with E-state index in [1.807, 2.05) is 0 Å². The lowest BCUT2D eigenvalue weighted by molar-refractivity contribution is 0.0866. The zero-order chi connectivity index (χ0) is 16.2. The number of nitrogens with one attached hydrogen (secondary N) is 1. The molecule has 3 rings (SSSR count). The van der Waals surface area contributed by atoms with Gasteiger partial charge in [0.25, 0.3) is 5.91 Å². The maximum atomic E-state index is 13.8. The maximum Gasteiger partial charge on any atom is 0.251 e. The van der Waals surface area contributed by atoms with Gasteiger partial charge in [-0.2, -0.15) is 0 Å². The largest absolute Gasteiger partial charge is 0.393 e. The van der Waals surface area contributed by atoms with Crippen molar-refractivity contribution in [1.29, 1.82) is 0 Å². The van der Waals surface area contributed by atoms with E-state index < -0.39 is 0 Å². The van der Waals surface area contributed by atoms with Crippen LogP contribution in [0.25, 0.3) is 0 Å². The quantitative estimate of drug-likeness (QED) is 0.847. The summed E-state index contributed by atoms with van der Waals surface area (Å²) < 4.78 is 19.4. The molecule has 1 aromatic carbocycles. The number of rotatable bonds is 6. The van der Waals surface area contributed by atoms with E-state index in [4.69, 9.17) is 4.74 Å². The molecule has 0 heterocycles. The van der Waals surface area contributed by atoms with Gasteiger partial charge in [0.05, 0.1) is 12.7 Å². The molecule has 0 saturated heterocycles. The standard InChI is InChI=1S/C18H24FNO3/c19-17-8-3-13(9-14(17)11-23-10-12-1-2-12)18(22)20-15-4-6-16(21)7-5-15/h3,8-9,12,15-16,21H,1-2,4-7,10-11H2,(H,20,22). The summed E-state index contributed by atoms with van der Waals surface area (Å²) >= 11 is 0. The molecule has 0 aliphatic heterocycles. The Labute approximate surface area is 136 Å². The number of ether oxygens (including phenoxy) is 1. The highest BCUT2D eigenvalue weighted by Gasteiger charge is 2.23. The Bertz CT molecular complexity index is 551. The minimum atomic E-state index is -0.335. The van der Waals surface area contributed by atoms with Crippen LogP contribution in [0.1, 0.15) is 54.4 Å². The van der Waals surface area contributed by atoms with Crippen molar-refractivity contribution >= 4 is 5.91 Å². The third kappa shape index (κ3) is 4.75. The summed E-state index contributed by atoms with van der Waals surface area (Å²) in [5.74, 6) is 0.110. The summed E-state index contributed by atoms with van der Waals surface area (Å²) in [5.41, 5.74) is 0.889. The maximum absolute atomic E-state index is 13.8. The summed E-state index contributed by atoms with van der Waals surface area (Å²) in [6, 6.07) is 4.50. The molecule has 2 aliphatic carbocycles. The van der Waals surface area contributed by atoms with E-state index in [1.165, 1.54) is 25.0 Å². The zero-order valence-corrected chi connectivity index (χ0v) is 13.3. The zero-order valence-electron chi connectivity index (χ0n) is 13.3. The molecule has 2 saturated carbocycles. The smallest absolute Gasteiger partial charge is 0.251 e. The Kier molecular flexibility index (Phi) is 5.28. The molecular formula is C18H24FNO3. The predicted molar refractivity (Wildman–Crippen MR) is 84.5 cm³/mol. The van der Waals surface area contributed by atoms with Crippen molar-refractivity contribution in [2.24, 2.45) is 5.92 Å². The molecular weight excluding hydrogens is 297 g/mol. The molecule has 0 bridgehead atoms. The highest BCUT2D eigenvalue weighted by Crippen LogP contribution is 2.29. The summed E-state index contributed by atoms with van der Waals surface area (Å²) in [5, 5.41) is 12.5. The lowest BCUT2D eigenvalue weighted by Crippen LogP contribution is -2.38. The molecule has 5 heteroatoms. The fraction of sp³-hybridized carbons (Fsp3) is 0.611. The van der Waals surface area contributed by atoms with E-state index in [1.54, 1.807) is 6.07 Å². The van der Waals surface area contributed by atoms with E-state index in [9.17, 15) is 14.3 Å². The van der Waals surface area contributed by atoms with Gasteiger partial charge < -0.3 is 15.2 Å². The molecule has 2 fully saturated rings. The molecule has 0 spiro atoms. The molecule has 2 N–H and O–H groups in total. The summed E-state index contributed by atoms with van der Waals surface area (Å²) in [4.78, 5) is 12.3. The van der Waals surface area contributed by atoms with Crippen LogP contribution >= 0.6 is 0 Å². The summed E-state index contributed by atoms with van der Waals surface area (Å²) in [7, 11) is 0. The third-order valence-electron chi connectivity index (χ3n) is 4.65. The molecule has 0 aromatic heterocycles. The summed E-state index contributed by atoms with van der Waals surface area (Å²) in [6.45, 7) is 0.874. The van der Waals surface area contributed by atoms with Crippen LogP contribution in [-0.4, -0.2) is 29.8 Å². The second kappa shape index (κ2) is 7.41. The van der Waals surface area contributed by atoms with Crippen LogP contribution in [-0.2, 0) is 11.3 Å². The second-order valence-electron chi connectivity index (χ2n) is 6.74. The van der Waals surface area contributed by atoms with Crippen LogP contribution in [0, 0.1) is 11.7 Å². The van der Waals surface area contributed by atoms with Gasteiger partial charge in [0.2, 0.25) is 0 Å². The van der Waals surface area contributed by atoms with Crippen LogP contribution in [0.5, 0.6) is 0 Å². The van der Waals surface area contributed by atoms with E-state index in [-0.39, 0.29) is 30.5 Å². The van der Waals surface area contributed by atoms with Crippen molar-refractivity contribution in [1.82, 2.24) is 5.32 Å². The molecule has 2 aliphatic rings. The number of carbonyl (C=O) groups is 1. The first kappa shape index (κ1) is 16.4. The van der Waals surface area contributed by atoms with Crippen LogP contribution in [0.15, 0.2) is 18.2 Å². The number of aliphatic hydroxyl groups excluding tert-OH is 1. The van der Waals surface area contributed by atoms with Gasteiger partial charge in [-0.1, -0.05) is 0 Å². The van der Waals surface area contributed by atoms with Crippen molar-refractivity contribution in [3.63, 3.8) is 0 Å². The number of halogens is 1. The number of carbonyl (C=O) groups excluding carboxylic acids is 1. The predicted octanol–water partition coefficient (Wildman–Crippen LogP) is 2.79. The van der Waals surface area contributed by atoms with Crippen LogP contribution in [0.4, 0.5) is 4.39 Å². The number of amides is 1. The van der Waals surface area contributed by atoms with Crippen molar-refractivity contribution in [2.75, 3.05) is 6.61 Å². The Morgan fingerprint density at radius 2 is 1.96 bits per heavy atom. The monoisotopic (exact) mass is 321 g/mol. The minimum Gasteiger partial charge on any atom is -0.393 e. The molecule has 0 atom stereocenters. The van der Waals surface area contributed by atoms with Gasteiger partial charge in [-0.15, -0.1) is 0 Å². The van der Waals surface area contributed by atoms with Gasteiger partial charge in [0, 0.05) is 23.8 Å². The van der Waals surface area contributed by atoms with Gasteiger partial charge in [-0.25, -0.2) is 4.39 Å². The van der Waals surface area contributed by atoms with E-state index in [0.29, 0.717) is 36.5 Å². The molecule has 0 radical (unpaired) electrons. The van der Waals surface area contributed by atoms with E-state index >= 15 is 0 Å². The van der Waals surface area contributed by atoms with Gasteiger partial charge in [0.15, 0.2) is 0 Å².